The van der Waals surface area contributed by atoms with Gasteiger partial charge in [0.05, 0.1) is 0 Å². The summed E-state index contributed by atoms with van der Waals surface area (Å²) >= 11 is 5.38. The van der Waals surface area contributed by atoms with Crippen molar-refractivity contribution in [2.75, 3.05) is 5.32 Å². The number of rotatable bonds is 4. The van der Waals surface area contributed by atoms with E-state index in [0.717, 1.165) is 39.9 Å². The highest BCUT2D eigenvalue weighted by atomic mass is 32.1. The lowest BCUT2D eigenvalue weighted by atomic mass is 10.1. The molecule has 0 saturated heterocycles. The monoisotopic (exact) mass is 443 g/mol. The quantitative estimate of drug-likeness (QED) is 0.373. The largest absolute Gasteiger partial charge is 0.436 e. The summed E-state index contributed by atoms with van der Waals surface area (Å²) < 4.78 is 6.03. The molecule has 32 heavy (non-hydrogen) atoms. The first kappa shape index (κ1) is 21.7. The maximum atomic E-state index is 12.5. The number of nitrogens with one attached hydrogen (secondary N) is 2. The molecule has 4 rings (SSSR count). The number of carbonyl (C=O) groups is 1. The summed E-state index contributed by atoms with van der Waals surface area (Å²) in [5, 5.41) is 6.11. The van der Waals surface area contributed by atoms with E-state index in [2.05, 4.69) is 36.4 Å². The fraction of sp³-hybridized carbons (Fsp3) is 0.192. The van der Waals surface area contributed by atoms with Gasteiger partial charge in [0.25, 0.3) is 5.91 Å². The molecule has 162 valence electrons. The van der Waals surface area contributed by atoms with E-state index in [1.54, 1.807) is 12.1 Å². The predicted octanol–water partition coefficient (Wildman–Crippen LogP) is 6.11. The Morgan fingerprint density at radius 2 is 1.75 bits per heavy atom. The van der Waals surface area contributed by atoms with Crippen LogP contribution in [0.15, 0.2) is 59.0 Å². The predicted molar refractivity (Wildman–Crippen MR) is 133 cm³/mol. The van der Waals surface area contributed by atoms with Crippen molar-refractivity contribution in [2.45, 2.75) is 34.1 Å². The van der Waals surface area contributed by atoms with Gasteiger partial charge in [-0.3, -0.25) is 10.1 Å². The van der Waals surface area contributed by atoms with Gasteiger partial charge in [-0.25, -0.2) is 4.98 Å². The van der Waals surface area contributed by atoms with Crippen LogP contribution in [0, 0.1) is 20.8 Å². The van der Waals surface area contributed by atoms with Crippen LogP contribution in [0.3, 0.4) is 0 Å². The van der Waals surface area contributed by atoms with Gasteiger partial charge in [0.1, 0.15) is 5.52 Å². The van der Waals surface area contributed by atoms with Gasteiger partial charge >= 0.3 is 0 Å². The van der Waals surface area contributed by atoms with Crippen molar-refractivity contribution < 1.29 is 9.21 Å². The molecule has 6 heteroatoms. The van der Waals surface area contributed by atoms with Gasteiger partial charge in [0.15, 0.2) is 10.7 Å². The van der Waals surface area contributed by atoms with E-state index in [4.69, 9.17) is 16.6 Å². The first-order valence-corrected chi connectivity index (χ1v) is 11.0. The molecule has 4 aromatic rings. The molecule has 0 fully saturated rings. The third-order valence-electron chi connectivity index (χ3n) is 5.67. The molecule has 0 aliphatic heterocycles. The van der Waals surface area contributed by atoms with E-state index in [-0.39, 0.29) is 11.0 Å². The lowest BCUT2D eigenvalue weighted by Crippen LogP contribution is -2.34. The highest BCUT2D eigenvalue weighted by molar-refractivity contribution is 7.80. The van der Waals surface area contributed by atoms with Gasteiger partial charge in [0, 0.05) is 16.8 Å². The van der Waals surface area contributed by atoms with Crippen molar-refractivity contribution in [3.05, 3.63) is 82.4 Å². The molecule has 0 atom stereocenters. The van der Waals surface area contributed by atoms with Crippen LogP contribution < -0.4 is 10.6 Å². The zero-order chi connectivity index (χ0) is 22.8. The van der Waals surface area contributed by atoms with E-state index in [0.29, 0.717) is 11.5 Å². The van der Waals surface area contributed by atoms with E-state index in [9.17, 15) is 4.79 Å². The molecule has 0 radical (unpaired) electrons. The Kier molecular flexibility index (Phi) is 6.06. The summed E-state index contributed by atoms with van der Waals surface area (Å²) in [5.41, 5.74) is 8.25. The third kappa shape index (κ3) is 4.41. The number of aromatic nitrogens is 1. The number of hydrogen-bond acceptors (Lipinski definition) is 4. The molecule has 1 heterocycles. The number of nitrogens with zero attached hydrogens (tertiary/aromatic N) is 1. The fourth-order valence-electron chi connectivity index (χ4n) is 3.52. The van der Waals surface area contributed by atoms with Crippen LogP contribution in [0.2, 0.25) is 0 Å². The van der Waals surface area contributed by atoms with Crippen molar-refractivity contribution in [3.8, 4) is 11.5 Å². The van der Waals surface area contributed by atoms with E-state index in [1.165, 1.54) is 11.1 Å². The minimum absolute atomic E-state index is 0.235. The van der Waals surface area contributed by atoms with Gasteiger partial charge in [-0.1, -0.05) is 25.1 Å². The van der Waals surface area contributed by atoms with Gasteiger partial charge in [-0.15, -0.1) is 0 Å². The Balaban J connectivity index is 1.53. The van der Waals surface area contributed by atoms with Crippen LogP contribution in [0.5, 0.6) is 0 Å². The molecule has 0 spiro atoms. The van der Waals surface area contributed by atoms with Crippen LogP contribution in [0.1, 0.15) is 39.5 Å². The van der Waals surface area contributed by atoms with Gasteiger partial charge in [-0.05, 0) is 98.1 Å². The van der Waals surface area contributed by atoms with Gasteiger partial charge in [0.2, 0.25) is 5.89 Å². The summed E-state index contributed by atoms with van der Waals surface area (Å²) in [4.78, 5) is 17.2. The summed E-state index contributed by atoms with van der Waals surface area (Å²) in [6.45, 7) is 8.16. The Bertz CT molecular complexity index is 1280. The standard InChI is InChI=1S/C26H25N3O2S/c1-5-18-9-11-19(12-10-18)24(30)29-26(32)28-21-8-6-7-20(17(21)4)25-27-22-13-15(2)16(3)14-23(22)31-25/h6-14H,5H2,1-4H3,(H2,28,29,30,32). The number of carbonyl (C=O) groups excluding carboxylic acids is 1. The molecular weight excluding hydrogens is 418 g/mol. The second-order valence-corrected chi connectivity index (χ2v) is 8.27. The molecule has 1 aromatic heterocycles. The third-order valence-corrected chi connectivity index (χ3v) is 5.87. The summed E-state index contributed by atoms with van der Waals surface area (Å²) in [6.07, 6.45) is 0.927. The number of hydrogen-bond donors (Lipinski definition) is 2. The number of benzene rings is 3. The second-order valence-electron chi connectivity index (χ2n) is 7.86. The van der Waals surface area contributed by atoms with Crippen molar-refractivity contribution in [3.63, 3.8) is 0 Å². The highest BCUT2D eigenvalue weighted by Crippen LogP contribution is 2.31. The van der Waals surface area contributed by atoms with Crippen LogP contribution in [0.25, 0.3) is 22.6 Å². The molecule has 0 unspecified atom stereocenters. The molecule has 0 saturated carbocycles. The minimum Gasteiger partial charge on any atom is -0.436 e. The topological polar surface area (TPSA) is 67.2 Å². The summed E-state index contributed by atoms with van der Waals surface area (Å²) in [7, 11) is 0. The molecule has 5 nitrogen and oxygen atoms in total. The van der Waals surface area contributed by atoms with Crippen molar-refractivity contribution in [2.24, 2.45) is 0 Å². The Morgan fingerprint density at radius 3 is 2.47 bits per heavy atom. The number of thiocarbonyl (C=S) groups is 1. The smallest absolute Gasteiger partial charge is 0.257 e. The fourth-order valence-corrected chi connectivity index (χ4v) is 3.72. The highest BCUT2D eigenvalue weighted by Gasteiger charge is 2.15. The van der Waals surface area contributed by atoms with Crippen LogP contribution in [-0.4, -0.2) is 16.0 Å². The van der Waals surface area contributed by atoms with E-state index in [1.807, 2.05) is 49.4 Å². The number of anilines is 1. The molecular formula is C26H25N3O2S. The average Bonchev–Trinajstić information content (AvgIpc) is 3.17. The summed E-state index contributed by atoms with van der Waals surface area (Å²) in [5.74, 6) is 0.306. The van der Waals surface area contributed by atoms with Crippen LogP contribution in [-0.2, 0) is 6.42 Å². The molecule has 0 bridgehead atoms. The van der Waals surface area contributed by atoms with Crippen LogP contribution >= 0.6 is 12.2 Å². The maximum absolute atomic E-state index is 12.5. The van der Waals surface area contributed by atoms with Crippen molar-refractivity contribution >= 4 is 40.0 Å². The normalized spacial score (nSPS) is 10.9. The first-order valence-electron chi connectivity index (χ1n) is 10.5. The SMILES string of the molecule is CCc1ccc(C(=O)NC(=S)Nc2cccc(-c3nc4cc(C)c(C)cc4o3)c2C)cc1. The molecule has 2 N–H and O–H groups in total. The Hall–Kier alpha value is -3.51. The number of amides is 1. The number of oxazole rings is 1. The molecule has 3 aromatic carbocycles. The minimum atomic E-state index is -0.247. The van der Waals surface area contributed by atoms with Crippen molar-refractivity contribution in [1.82, 2.24) is 10.3 Å². The first-order chi connectivity index (χ1) is 15.4. The Labute approximate surface area is 192 Å². The average molecular weight is 444 g/mol. The summed E-state index contributed by atoms with van der Waals surface area (Å²) in [6, 6.07) is 17.3. The zero-order valence-corrected chi connectivity index (χ0v) is 19.4. The van der Waals surface area contributed by atoms with Crippen molar-refractivity contribution in [1.29, 1.82) is 0 Å². The number of fused-ring (bicyclic) bond motifs is 1. The lowest BCUT2D eigenvalue weighted by Gasteiger charge is -2.13. The second kappa shape index (κ2) is 8.93. The zero-order valence-electron chi connectivity index (χ0n) is 18.6. The van der Waals surface area contributed by atoms with Gasteiger partial charge in [-0.2, -0.15) is 0 Å². The molecule has 0 aliphatic rings. The Morgan fingerprint density at radius 1 is 1.03 bits per heavy atom. The number of aryl methyl sites for hydroxylation is 3. The van der Waals surface area contributed by atoms with Crippen LogP contribution in [0.4, 0.5) is 5.69 Å². The molecule has 1 amide bonds. The maximum Gasteiger partial charge on any atom is 0.257 e. The molecule has 0 aliphatic carbocycles. The van der Waals surface area contributed by atoms with E-state index < -0.39 is 0 Å². The lowest BCUT2D eigenvalue weighted by molar-refractivity contribution is 0.0977. The van der Waals surface area contributed by atoms with Gasteiger partial charge < -0.3 is 9.73 Å². The van der Waals surface area contributed by atoms with E-state index >= 15 is 0 Å².